The quantitative estimate of drug-likeness (QED) is 0.153. The fourth-order valence-corrected chi connectivity index (χ4v) is 12.8. The van der Waals surface area contributed by atoms with Crippen LogP contribution in [0.1, 0.15) is 103 Å². The van der Waals surface area contributed by atoms with Crippen molar-refractivity contribution in [3.63, 3.8) is 0 Å². The first-order valence-corrected chi connectivity index (χ1v) is 23.0. The summed E-state index contributed by atoms with van der Waals surface area (Å²) in [7, 11) is 0. The van der Waals surface area contributed by atoms with Crippen molar-refractivity contribution in [3.05, 3.63) is 143 Å². The Morgan fingerprint density at radius 1 is 0.391 bits per heavy atom. The van der Waals surface area contributed by atoms with Gasteiger partial charge in [-0.25, -0.2) is 9.97 Å². The predicted octanol–water partition coefficient (Wildman–Crippen LogP) is 14.5. The van der Waals surface area contributed by atoms with Crippen LogP contribution in [0.2, 0.25) is 0 Å². The van der Waals surface area contributed by atoms with E-state index in [1.54, 1.807) is 0 Å². The molecule has 6 nitrogen and oxygen atoms in total. The summed E-state index contributed by atoms with van der Waals surface area (Å²) in [5.41, 5.74) is 24.6. The fourth-order valence-electron chi connectivity index (χ4n) is 12.8. The molecule has 6 heterocycles. The lowest BCUT2D eigenvalue weighted by molar-refractivity contribution is 0.591. The molecule has 13 aromatic rings. The SMILES string of the molecule is CC(C)(C)c1ccc2c(c1)c1c3c4c(c5cc(C(C)(C)C)ccc5n4c4nc5cc6c(cc5n34)-c3ccccc3C6(C)C)c3c1n2c1nc2cc4c(cc2n31)-c1ccccc1C4(C)C. The first-order valence-electron chi connectivity index (χ1n) is 23.0. The van der Waals surface area contributed by atoms with E-state index in [2.05, 4.69) is 196 Å². The normalized spacial score (nSPS) is 15.9. The summed E-state index contributed by atoms with van der Waals surface area (Å²) < 4.78 is 10.0. The van der Waals surface area contributed by atoms with E-state index in [4.69, 9.17) is 9.97 Å². The lowest BCUT2D eigenvalue weighted by Crippen LogP contribution is -2.14. The molecule has 0 spiro atoms. The highest BCUT2D eigenvalue weighted by Gasteiger charge is 2.39. The third kappa shape index (κ3) is 3.83. The summed E-state index contributed by atoms with van der Waals surface area (Å²) in [6.07, 6.45) is 0. The molecular formula is C58H48N6. The average molecular weight is 829 g/mol. The van der Waals surface area contributed by atoms with Crippen molar-refractivity contribution in [3.8, 4) is 22.3 Å². The van der Waals surface area contributed by atoms with E-state index in [0.717, 1.165) is 33.6 Å². The molecule has 0 unspecified atom stereocenters. The van der Waals surface area contributed by atoms with Crippen LogP contribution in [-0.2, 0) is 21.7 Å². The molecule has 0 saturated heterocycles. The molecule has 64 heavy (non-hydrogen) atoms. The van der Waals surface area contributed by atoms with E-state index in [9.17, 15) is 0 Å². The fraction of sp³-hybridized carbons (Fsp3) is 0.241. The van der Waals surface area contributed by atoms with Gasteiger partial charge in [-0.15, -0.1) is 0 Å². The maximum absolute atomic E-state index is 5.69. The van der Waals surface area contributed by atoms with Gasteiger partial charge in [-0.1, -0.05) is 130 Å². The third-order valence-electron chi connectivity index (χ3n) is 16.1. The van der Waals surface area contributed by atoms with Gasteiger partial charge in [0.1, 0.15) is 0 Å². The van der Waals surface area contributed by atoms with Crippen LogP contribution >= 0.6 is 0 Å². The Hall–Kier alpha value is -6.92. The molecular weight excluding hydrogens is 781 g/mol. The number of nitrogens with zero attached hydrogens (tertiary/aromatic N) is 6. The monoisotopic (exact) mass is 828 g/mol. The van der Waals surface area contributed by atoms with E-state index >= 15 is 0 Å². The second kappa shape index (κ2) is 10.5. The van der Waals surface area contributed by atoms with Gasteiger partial charge in [-0.2, -0.15) is 0 Å². The van der Waals surface area contributed by atoms with Crippen molar-refractivity contribution in [2.75, 3.05) is 0 Å². The predicted molar refractivity (Wildman–Crippen MR) is 266 cm³/mol. The van der Waals surface area contributed by atoms with Crippen molar-refractivity contribution in [1.82, 2.24) is 27.6 Å². The second-order valence-electron chi connectivity index (χ2n) is 22.4. The van der Waals surface area contributed by atoms with Gasteiger partial charge in [0.2, 0.25) is 11.6 Å². The molecule has 2 aliphatic rings. The van der Waals surface area contributed by atoms with Crippen molar-refractivity contribution in [2.24, 2.45) is 0 Å². The molecule has 0 radical (unpaired) electrons. The molecule has 7 aromatic carbocycles. The van der Waals surface area contributed by atoms with Crippen molar-refractivity contribution >= 4 is 88.3 Å². The largest absolute Gasteiger partial charge is 0.277 e. The van der Waals surface area contributed by atoms with Crippen molar-refractivity contribution < 1.29 is 0 Å². The molecule has 0 amide bonds. The van der Waals surface area contributed by atoms with Gasteiger partial charge >= 0.3 is 0 Å². The van der Waals surface area contributed by atoms with Crippen molar-refractivity contribution in [2.45, 2.75) is 90.9 Å². The Balaban J connectivity index is 1.22. The summed E-state index contributed by atoms with van der Waals surface area (Å²) in [5.74, 6) is 1.92. The van der Waals surface area contributed by atoms with E-state index < -0.39 is 0 Å². The van der Waals surface area contributed by atoms with Gasteiger partial charge in [0.05, 0.1) is 55.2 Å². The number of imidazole rings is 4. The first kappa shape index (κ1) is 35.5. The molecule has 15 rings (SSSR count). The maximum atomic E-state index is 5.69. The minimum absolute atomic E-state index is 0.0390. The lowest BCUT2D eigenvalue weighted by Gasteiger charge is -2.21. The Labute approximate surface area is 370 Å². The number of hydrogen-bond donors (Lipinski definition) is 0. The standard InChI is InChI=1S/C58H48N6/c1-55(2,3)29-19-21-43-35(23-29)47-49-52(64-46-26-34-32-16-12-14-18-38(32)58(9,10)40(34)28-42(46)59-53(64)61(43)49)48-36-24-30(56(4,5)6)20-22-44(36)62-50(48)51(47)63-45-25-33-31-15-11-13-17-37(31)57(7,8)39(33)27-41(45)60-54(62)63/h11-28H,1-10H3. The smallest absolute Gasteiger partial charge is 0.220 e. The zero-order chi connectivity index (χ0) is 43.5. The summed E-state index contributed by atoms with van der Waals surface area (Å²) >= 11 is 0. The Bertz CT molecular complexity index is 4030. The summed E-state index contributed by atoms with van der Waals surface area (Å²) in [4.78, 5) is 11.4. The van der Waals surface area contributed by atoms with Crippen LogP contribution in [0.3, 0.4) is 0 Å². The molecule has 0 fully saturated rings. The average Bonchev–Trinajstić information content (AvgIpc) is 4.12. The lowest BCUT2D eigenvalue weighted by atomic mass is 9.82. The van der Waals surface area contributed by atoms with Gasteiger partial charge in [-0.3, -0.25) is 17.6 Å². The number of rotatable bonds is 0. The third-order valence-corrected chi connectivity index (χ3v) is 16.1. The van der Waals surface area contributed by atoms with Crippen LogP contribution in [0.25, 0.3) is 111 Å². The van der Waals surface area contributed by atoms with Crippen LogP contribution in [0.5, 0.6) is 0 Å². The maximum Gasteiger partial charge on any atom is 0.220 e. The zero-order valence-electron chi connectivity index (χ0n) is 38.1. The van der Waals surface area contributed by atoms with Crippen LogP contribution in [0.4, 0.5) is 0 Å². The topological polar surface area (TPSA) is 43.4 Å². The van der Waals surface area contributed by atoms with Crippen LogP contribution in [0, 0.1) is 0 Å². The molecule has 0 N–H and O–H groups in total. The zero-order valence-corrected chi connectivity index (χ0v) is 38.1. The molecule has 0 atom stereocenters. The number of hydrogen-bond acceptors (Lipinski definition) is 2. The number of fused-ring (bicyclic) bond motifs is 24. The number of benzene rings is 7. The molecule has 6 heteroatoms. The van der Waals surface area contributed by atoms with E-state index in [1.165, 1.54) is 110 Å². The molecule has 0 saturated carbocycles. The highest BCUT2D eigenvalue weighted by Crippen LogP contribution is 2.54. The number of aromatic nitrogens is 6. The van der Waals surface area contributed by atoms with Crippen LogP contribution in [-0.4, -0.2) is 27.6 Å². The van der Waals surface area contributed by atoms with Gasteiger partial charge in [0.25, 0.3) is 0 Å². The second-order valence-corrected chi connectivity index (χ2v) is 22.4. The Kier molecular flexibility index (Phi) is 5.85. The van der Waals surface area contributed by atoms with Gasteiger partial charge in [-0.05, 0) is 115 Å². The Morgan fingerprint density at radius 3 is 1.16 bits per heavy atom. The van der Waals surface area contributed by atoms with Gasteiger partial charge in [0.15, 0.2) is 0 Å². The minimum atomic E-state index is -0.123. The summed E-state index contributed by atoms with van der Waals surface area (Å²) in [5, 5.41) is 5.03. The minimum Gasteiger partial charge on any atom is -0.277 e. The van der Waals surface area contributed by atoms with Crippen LogP contribution in [0.15, 0.2) is 109 Å². The van der Waals surface area contributed by atoms with E-state index in [-0.39, 0.29) is 21.7 Å². The summed E-state index contributed by atoms with van der Waals surface area (Å²) in [6.45, 7) is 23.4. The van der Waals surface area contributed by atoms with Gasteiger partial charge in [0, 0.05) is 32.4 Å². The highest BCUT2D eigenvalue weighted by atomic mass is 15.2. The summed E-state index contributed by atoms with van der Waals surface area (Å²) in [6, 6.07) is 42.0. The molecule has 310 valence electrons. The van der Waals surface area contributed by atoms with E-state index in [1.807, 2.05) is 0 Å². The first-order chi connectivity index (χ1) is 30.5. The van der Waals surface area contributed by atoms with Gasteiger partial charge < -0.3 is 0 Å². The van der Waals surface area contributed by atoms with Crippen molar-refractivity contribution in [1.29, 1.82) is 0 Å². The highest BCUT2D eigenvalue weighted by molar-refractivity contribution is 6.37. The van der Waals surface area contributed by atoms with E-state index in [0.29, 0.717) is 0 Å². The Morgan fingerprint density at radius 2 is 0.766 bits per heavy atom. The van der Waals surface area contributed by atoms with Crippen LogP contribution < -0.4 is 0 Å². The molecule has 6 aromatic heterocycles. The molecule has 0 aliphatic heterocycles. The molecule has 2 aliphatic carbocycles. The molecule has 0 bridgehead atoms.